The molecule has 1 aromatic heterocycles. The standard InChI is InChI=1S/C6H9N3O2.BrH/c7-5(6(10)11)1-4-2-8-3-9-4;/h2-3,5H,1,7H2,(H,8,9)(H,10,11);1H/t5-;/m0./s1. The van der Waals surface area contributed by atoms with E-state index < -0.39 is 12.0 Å². The van der Waals surface area contributed by atoms with Crippen LogP contribution in [0.15, 0.2) is 12.5 Å². The van der Waals surface area contributed by atoms with E-state index in [-0.39, 0.29) is 23.4 Å². The number of rotatable bonds is 3. The van der Waals surface area contributed by atoms with Crippen molar-refractivity contribution < 1.29 is 9.90 Å². The number of carboxylic acid groups (broad SMARTS) is 1. The zero-order valence-electron chi connectivity index (χ0n) is 6.23. The molecule has 0 saturated carbocycles. The fourth-order valence-electron chi connectivity index (χ4n) is 0.721. The first kappa shape index (κ1) is 11.1. The number of imidazole rings is 1. The van der Waals surface area contributed by atoms with Crippen LogP contribution < -0.4 is 5.73 Å². The van der Waals surface area contributed by atoms with Gasteiger partial charge in [0.15, 0.2) is 0 Å². The SMILES string of the molecule is Br.N[C@@H](Cc1cnc[nH]1)C(=O)O. The lowest BCUT2D eigenvalue weighted by molar-refractivity contribution is -0.138. The molecule has 0 bridgehead atoms. The maximum absolute atomic E-state index is 10.3. The number of carboxylic acids is 1. The third-order valence-electron chi connectivity index (χ3n) is 1.31. The minimum absolute atomic E-state index is 0. The molecule has 6 heteroatoms. The van der Waals surface area contributed by atoms with Crippen molar-refractivity contribution in [2.75, 3.05) is 0 Å². The van der Waals surface area contributed by atoms with Crippen LogP contribution in [0.2, 0.25) is 0 Å². The quantitative estimate of drug-likeness (QED) is 0.685. The van der Waals surface area contributed by atoms with Crippen molar-refractivity contribution in [3.05, 3.63) is 18.2 Å². The summed E-state index contributed by atoms with van der Waals surface area (Å²) < 4.78 is 0. The number of aromatic amines is 1. The molecular formula is C6H10BrN3O2. The largest absolute Gasteiger partial charge is 0.480 e. The van der Waals surface area contributed by atoms with E-state index in [1.165, 1.54) is 6.33 Å². The third-order valence-corrected chi connectivity index (χ3v) is 1.31. The summed E-state index contributed by atoms with van der Waals surface area (Å²) in [4.78, 5) is 16.8. The zero-order chi connectivity index (χ0) is 8.27. The molecule has 0 aliphatic rings. The molecule has 0 fully saturated rings. The summed E-state index contributed by atoms with van der Waals surface area (Å²) in [7, 11) is 0. The first-order chi connectivity index (χ1) is 5.20. The van der Waals surface area contributed by atoms with Gasteiger partial charge in [-0.2, -0.15) is 0 Å². The van der Waals surface area contributed by atoms with Crippen LogP contribution in [0.5, 0.6) is 0 Å². The number of nitrogens with two attached hydrogens (primary N) is 1. The number of hydrogen-bond donors (Lipinski definition) is 3. The molecule has 4 N–H and O–H groups in total. The first-order valence-electron chi connectivity index (χ1n) is 3.16. The van der Waals surface area contributed by atoms with Crippen molar-refractivity contribution in [2.24, 2.45) is 5.73 Å². The van der Waals surface area contributed by atoms with Crippen molar-refractivity contribution in [2.45, 2.75) is 12.5 Å². The van der Waals surface area contributed by atoms with Gasteiger partial charge in [-0.1, -0.05) is 0 Å². The minimum Gasteiger partial charge on any atom is -0.480 e. The Labute approximate surface area is 79.8 Å². The molecule has 1 aromatic rings. The fraction of sp³-hybridized carbons (Fsp3) is 0.333. The lowest BCUT2D eigenvalue weighted by atomic mass is 10.2. The summed E-state index contributed by atoms with van der Waals surface area (Å²) in [6.07, 6.45) is 3.34. The van der Waals surface area contributed by atoms with Gasteiger partial charge in [0.2, 0.25) is 0 Å². The Morgan fingerprint density at radius 1 is 1.83 bits per heavy atom. The second-order valence-corrected chi connectivity index (χ2v) is 2.23. The van der Waals surface area contributed by atoms with Crippen LogP contribution in [0.4, 0.5) is 0 Å². The summed E-state index contributed by atoms with van der Waals surface area (Å²) in [6.45, 7) is 0. The second-order valence-electron chi connectivity index (χ2n) is 2.23. The maximum atomic E-state index is 10.3. The monoisotopic (exact) mass is 235 g/mol. The average Bonchev–Trinajstić information content (AvgIpc) is 2.39. The number of nitrogens with one attached hydrogen (secondary N) is 1. The third kappa shape index (κ3) is 3.02. The zero-order valence-corrected chi connectivity index (χ0v) is 7.94. The second kappa shape index (κ2) is 4.89. The maximum Gasteiger partial charge on any atom is 0.320 e. The van der Waals surface area contributed by atoms with Crippen LogP contribution in [-0.2, 0) is 11.2 Å². The van der Waals surface area contributed by atoms with Crippen LogP contribution in [-0.4, -0.2) is 27.1 Å². The van der Waals surface area contributed by atoms with Crippen LogP contribution >= 0.6 is 17.0 Å². The predicted octanol–water partition coefficient (Wildman–Crippen LogP) is -0.0580. The van der Waals surface area contributed by atoms with Crippen molar-refractivity contribution in [3.8, 4) is 0 Å². The van der Waals surface area contributed by atoms with Crippen LogP contribution in [0, 0.1) is 0 Å². The lowest BCUT2D eigenvalue weighted by Gasteiger charge is -2.02. The van der Waals surface area contributed by atoms with Gasteiger partial charge in [-0.3, -0.25) is 4.79 Å². The Bertz CT molecular complexity index is 237. The topological polar surface area (TPSA) is 92.0 Å². The molecule has 12 heavy (non-hydrogen) atoms. The van der Waals surface area contributed by atoms with Crippen LogP contribution in [0.1, 0.15) is 5.69 Å². The number of aromatic nitrogens is 2. The van der Waals surface area contributed by atoms with Gasteiger partial charge in [0.1, 0.15) is 6.04 Å². The first-order valence-corrected chi connectivity index (χ1v) is 3.16. The van der Waals surface area contributed by atoms with E-state index in [9.17, 15) is 4.79 Å². The molecule has 0 amide bonds. The van der Waals surface area contributed by atoms with Crippen LogP contribution in [0.3, 0.4) is 0 Å². The molecule has 0 radical (unpaired) electrons. The van der Waals surface area contributed by atoms with E-state index in [4.69, 9.17) is 10.8 Å². The highest BCUT2D eigenvalue weighted by Crippen LogP contribution is 1.95. The van der Waals surface area contributed by atoms with Gasteiger partial charge >= 0.3 is 5.97 Å². The van der Waals surface area contributed by atoms with E-state index in [1.807, 2.05) is 0 Å². The number of halogens is 1. The van der Waals surface area contributed by atoms with Crippen molar-refractivity contribution in [1.29, 1.82) is 0 Å². The Kier molecular flexibility index (Phi) is 4.53. The molecule has 0 saturated heterocycles. The van der Waals surface area contributed by atoms with Gasteiger partial charge in [-0.25, -0.2) is 4.98 Å². The lowest BCUT2D eigenvalue weighted by Crippen LogP contribution is -2.32. The number of carbonyl (C=O) groups is 1. The molecule has 0 aliphatic carbocycles. The van der Waals surface area contributed by atoms with E-state index in [1.54, 1.807) is 6.20 Å². The van der Waals surface area contributed by atoms with Gasteiger partial charge < -0.3 is 15.8 Å². The van der Waals surface area contributed by atoms with Crippen LogP contribution in [0.25, 0.3) is 0 Å². The normalized spacial score (nSPS) is 11.8. The predicted molar refractivity (Wildman–Crippen MR) is 48.2 cm³/mol. The van der Waals surface area contributed by atoms with Crippen molar-refractivity contribution in [1.82, 2.24) is 9.97 Å². The van der Waals surface area contributed by atoms with Gasteiger partial charge in [0.25, 0.3) is 0 Å². The summed E-state index contributed by atoms with van der Waals surface area (Å²) in [5, 5.41) is 8.42. The van der Waals surface area contributed by atoms with Crippen molar-refractivity contribution in [3.63, 3.8) is 0 Å². The molecule has 1 atom stereocenters. The molecule has 1 heterocycles. The highest BCUT2D eigenvalue weighted by atomic mass is 79.9. The molecule has 0 aliphatic heterocycles. The van der Waals surface area contributed by atoms with E-state index in [2.05, 4.69) is 9.97 Å². The summed E-state index contributed by atoms with van der Waals surface area (Å²) in [5.41, 5.74) is 6.00. The highest BCUT2D eigenvalue weighted by molar-refractivity contribution is 8.93. The average molecular weight is 236 g/mol. The molecule has 1 rings (SSSR count). The smallest absolute Gasteiger partial charge is 0.320 e. The molecular weight excluding hydrogens is 226 g/mol. The Morgan fingerprint density at radius 3 is 2.92 bits per heavy atom. The fourth-order valence-corrected chi connectivity index (χ4v) is 0.721. The Morgan fingerprint density at radius 2 is 2.50 bits per heavy atom. The van der Waals surface area contributed by atoms with Crippen molar-refractivity contribution >= 4 is 23.0 Å². The number of H-pyrrole nitrogens is 1. The number of hydrogen-bond acceptors (Lipinski definition) is 3. The molecule has 0 spiro atoms. The van der Waals surface area contributed by atoms with Gasteiger partial charge in [0.05, 0.1) is 6.33 Å². The molecule has 0 unspecified atom stereocenters. The van der Waals surface area contributed by atoms with Gasteiger partial charge in [0, 0.05) is 18.3 Å². The van der Waals surface area contributed by atoms with E-state index in [0.29, 0.717) is 0 Å². The highest BCUT2D eigenvalue weighted by Gasteiger charge is 2.11. The summed E-state index contributed by atoms with van der Waals surface area (Å²) >= 11 is 0. The van der Waals surface area contributed by atoms with Gasteiger partial charge in [-0.15, -0.1) is 17.0 Å². The number of nitrogens with zero attached hydrogens (tertiary/aromatic N) is 1. The molecule has 0 aromatic carbocycles. The van der Waals surface area contributed by atoms with Gasteiger partial charge in [-0.05, 0) is 0 Å². The Hall–Kier alpha value is -0.880. The van der Waals surface area contributed by atoms with E-state index >= 15 is 0 Å². The molecule has 5 nitrogen and oxygen atoms in total. The number of aliphatic carboxylic acids is 1. The summed E-state index contributed by atoms with van der Waals surface area (Å²) in [6, 6.07) is -0.851. The summed E-state index contributed by atoms with van der Waals surface area (Å²) in [5.74, 6) is -1.00. The Balaban J connectivity index is 0.00000121. The minimum atomic E-state index is -1.00. The molecule has 68 valence electrons. The van der Waals surface area contributed by atoms with E-state index in [0.717, 1.165) is 5.69 Å².